The van der Waals surface area contributed by atoms with Crippen LogP contribution < -0.4 is 5.32 Å². The van der Waals surface area contributed by atoms with Gasteiger partial charge in [0.25, 0.3) is 0 Å². The Balaban J connectivity index is 3.44. The standard InChI is InChI=1S/C8H15NO4/c1-3-9-7(10)4-5-13-6(2)8(11)12/h6H,3-5H2,1-2H3,(H,9,10)(H,11,12)/t6-/m1/s1. The van der Waals surface area contributed by atoms with Crippen LogP contribution in [-0.2, 0) is 14.3 Å². The van der Waals surface area contributed by atoms with Gasteiger partial charge in [-0.05, 0) is 13.8 Å². The van der Waals surface area contributed by atoms with Gasteiger partial charge in [-0.25, -0.2) is 4.79 Å². The number of ether oxygens (including phenoxy) is 1. The van der Waals surface area contributed by atoms with E-state index in [9.17, 15) is 9.59 Å². The van der Waals surface area contributed by atoms with Gasteiger partial charge < -0.3 is 15.2 Å². The molecule has 0 radical (unpaired) electrons. The molecule has 1 atom stereocenters. The van der Waals surface area contributed by atoms with Crippen LogP contribution in [0.3, 0.4) is 0 Å². The molecule has 0 rings (SSSR count). The Morgan fingerprint density at radius 2 is 2.15 bits per heavy atom. The number of hydrogen-bond acceptors (Lipinski definition) is 3. The van der Waals surface area contributed by atoms with Gasteiger partial charge >= 0.3 is 5.97 Å². The summed E-state index contributed by atoms with van der Waals surface area (Å²) in [5, 5.41) is 11.0. The van der Waals surface area contributed by atoms with Crippen LogP contribution in [0.1, 0.15) is 20.3 Å². The Morgan fingerprint density at radius 1 is 1.54 bits per heavy atom. The lowest BCUT2D eigenvalue weighted by Gasteiger charge is -2.07. The smallest absolute Gasteiger partial charge is 0.332 e. The highest BCUT2D eigenvalue weighted by atomic mass is 16.5. The summed E-state index contributed by atoms with van der Waals surface area (Å²) >= 11 is 0. The van der Waals surface area contributed by atoms with E-state index < -0.39 is 12.1 Å². The van der Waals surface area contributed by atoms with Crippen LogP contribution in [0.5, 0.6) is 0 Å². The maximum atomic E-state index is 10.9. The number of nitrogens with one attached hydrogen (secondary N) is 1. The molecule has 0 aliphatic heterocycles. The molecule has 13 heavy (non-hydrogen) atoms. The largest absolute Gasteiger partial charge is 0.479 e. The van der Waals surface area contributed by atoms with Crippen molar-refractivity contribution in [3.8, 4) is 0 Å². The number of carboxylic acids is 1. The lowest BCUT2D eigenvalue weighted by atomic mass is 10.4. The van der Waals surface area contributed by atoms with Crippen LogP contribution in [-0.4, -0.2) is 36.2 Å². The zero-order valence-corrected chi connectivity index (χ0v) is 7.87. The van der Waals surface area contributed by atoms with E-state index in [4.69, 9.17) is 9.84 Å². The maximum absolute atomic E-state index is 10.9. The number of hydrogen-bond donors (Lipinski definition) is 2. The lowest BCUT2D eigenvalue weighted by molar-refractivity contribution is -0.149. The SMILES string of the molecule is CCNC(=O)CCO[C@H](C)C(=O)O. The van der Waals surface area contributed by atoms with Gasteiger partial charge in [0, 0.05) is 13.0 Å². The van der Waals surface area contributed by atoms with E-state index in [-0.39, 0.29) is 18.9 Å². The number of carbonyl (C=O) groups is 2. The zero-order chi connectivity index (χ0) is 10.3. The van der Waals surface area contributed by atoms with Gasteiger partial charge in [0.05, 0.1) is 6.61 Å². The average Bonchev–Trinajstić information content (AvgIpc) is 2.04. The van der Waals surface area contributed by atoms with Crippen LogP contribution in [0, 0.1) is 0 Å². The number of amides is 1. The number of rotatable bonds is 6. The third-order valence-electron chi connectivity index (χ3n) is 1.42. The minimum Gasteiger partial charge on any atom is -0.479 e. The Kier molecular flexibility index (Phi) is 5.88. The Bertz CT molecular complexity index is 181. The highest BCUT2D eigenvalue weighted by molar-refractivity contribution is 5.76. The molecule has 0 saturated heterocycles. The first-order valence-electron chi connectivity index (χ1n) is 4.19. The molecular formula is C8H15NO4. The van der Waals surface area contributed by atoms with Gasteiger partial charge in [-0.1, -0.05) is 0 Å². The van der Waals surface area contributed by atoms with Gasteiger partial charge in [-0.2, -0.15) is 0 Å². The summed E-state index contributed by atoms with van der Waals surface area (Å²) in [7, 11) is 0. The summed E-state index contributed by atoms with van der Waals surface area (Å²) in [6.45, 7) is 3.96. The quantitative estimate of drug-likeness (QED) is 0.616. The van der Waals surface area contributed by atoms with Crippen LogP contribution in [0.25, 0.3) is 0 Å². The highest BCUT2D eigenvalue weighted by Gasteiger charge is 2.10. The molecule has 0 aliphatic rings. The average molecular weight is 189 g/mol. The Labute approximate surface area is 77.1 Å². The van der Waals surface area contributed by atoms with Crippen molar-refractivity contribution in [1.82, 2.24) is 5.32 Å². The van der Waals surface area contributed by atoms with Crippen molar-refractivity contribution < 1.29 is 19.4 Å². The third kappa shape index (κ3) is 6.10. The van der Waals surface area contributed by atoms with Crippen molar-refractivity contribution in [2.24, 2.45) is 0 Å². The molecule has 0 aromatic rings. The summed E-state index contributed by atoms with van der Waals surface area (Å²) in [4.78, 5) is 21.1. The minimum atomic E-state index is -1.02. The van der Waals surface area contributed by atoms with Crippen molar-refractivity contribution in [1.29, 1.82) is 0 Å². The first kappa shape index (κ1) is 11.9. The first-order valence-corrected chi connectivity index (χ1v) is 4.19. The van der Waals surface area contributed by atoms with E-state index in [1.807, 2.05) is 6.92 Å². The molecule has 2 N–H and O–H groups in total. The molecule has 0 spiro atoms. The number of carbonyl (C=O) groups excluding carboxylic acids is 1. The second-order valence-corrected chi connectivity index (χ2v) is 2.55. The molecular weight excluding hydrogens is 174 g/mol. The fraction of sp³-hybridized carbons (Fsp3) is 0.750. The fourth-order valence-electron chi connectivity index (χ4n) is 0.685. The molecule has 0 aliphatic carbocycles. The summed E-state index contributed by atoms with van der Waals surface area (Å²) in [6.07, 6.45) is -0.653. The molecule has 0 saturated carbocycles. The molecule has 1 amide bonds. The van der Waals surface area contributed by atoms with Crippen LogP contribution in [0.2, 0.25) is 0 Å². The first-order chi connectivity index (χ1) is 6.07. The van der Waals surface area contributed by atoms with Crippen molar-refractivity contribution in [2.75, 3.05) is 13.2 Å². The highest BCUT2D eigenvalue weighted by Crippen LogP contribution is 1.92. The second kappa shape index (κ2) is 6.42. The van der Waals surface area contributed by atoms with Gasteiger partial charge in [0.2, 0.25) is 5.91 Å². The normalized spacial score (nSPS) is 12.2. The van der Waals surface area contributed by atoms with E-state index in [0.717, 1.165) is 0 Å². The molecule has 0 unspecified atom stereocenters. The van der Waals surface area contributed by atoms with E-state index in [1.54, 1.807) is 0 Å². The predicted octanol–water partition coefficient (Wildman–Crippen LogP) is 0.00230. The molecule has 0 aromatic heterocycles. The summed E-state index contributed by atoms with van der Waals surface area (Å²) in [6, 6.07) is 0. The van der Waals surface area contributed by atoms with E-state index in [1.165, 1.54) is 6.92 Å². The van der Waals surface area contributed by atoms with E-state index in [0.29, 0.717) is 6.54 Å². The van der Waals surface area contributed by atoms with Crippen molar-refractivity contribution in [3.63, 3.8) is 0 Å². The van der Waals surface area contributed by atoms with Gasteiger partial charge in [-0.3, -0.25) is 4.79 Å². The Morgan fingerprint density at radius 3 is 2.62 bits per heavy atom. The summed E-state index contributed by atoms with van der Waals surface area (Å²) in [5.74, 6) is -1.14. The van der Waals surface area contributed by atoms with Crippen molar-refractivity contribution in [2.45, 2.75) is 26.4 Å². The monoisotopic (exact) mass is 189 g/mol. The number of aliphatic carboxylic acids is 1. The maximum Gasteiger partial charge on any atom is 0.332 e. The molecule has 0 fully saturated rings. The van der Waals surface area contributed by atoms with Crippen molar-refractivity contribution in [3.05, 3.63) is 0 Å². The molecule has 5 heteroatoms. The molecule has 0 aromatic carbocycles. The lowest BCUT2D eigenvalue weighted by Crippen LogP contribution is -2.26. The Hall–Kier alpha value is -1.10. The van der Waals surface area contributed by atoms with Gasteiger partial charge in [-0.15, -0.1) is 0 Å². The van der Waals surface area contributed by atoms with Crippen LogP contribution in [0.15, 0.2) is 0 Å². The van der Waals surface area contributed by atoms with Gasteiger partial charge in [0.15, 0.2) is 6.10 Å². The molecule has 5 nitrogen and oxygen atoms in total. The van der Waals surface area contributed by atoms with E-state index >= 15 is 0 Å². The van der Waals surface area contributed by atoms with Crippen molar-refractivity contribution >= 4 is 11.9 Å². The molecule has 0 bridgehead atoms. The summed E-state index contributed by atoms with van der Waals surface area (Å²) < 4.78 is 4.86. The van der Waals surface area contributed by atoms with E-state index in [2.05, 4.69) is 5.32 Å². The topological polar surface area (TPSA) is 75.6 Å². The zero-order valence-electron chi connectivity index (χ0n) is 7.87. The summed E-state index contributed by atoms with van der Waals surface area (Å²) in [5.41, 5.74) is 0. The van der Waals surface area contributed by atoms with Crippen LogP contribution in [0.4, 0.5) is 0 Å². The fourth-order valence-corrected chi connectivity index (χ4v) is 0.685. The van der Waals surface area contributed by atoms with Crippen LogP contribution >= 0.6 is 0 Å². The van der Waals surface area contributed by atoms with Gasteiger partial charge in [0.1, 0.15) is 0 Å². The predicted molar refractivity (Wildman–Crippen MR) is 46.4 cm³/mol. The molecule has 76 valence electrons. The minimum absolute atomic E-state index is 0.125. The third-order valence-corrected chi connectivity index (χ3v) is 1.42. The number of carboxylic acid groups (broad SMARTS) is 1. The molecule has 0 heterocycles. The second-order valence-electron chi connectivity index (χ2n) is 2.55.